The monoisotopic (exact) mass is 478 g/mol. The van der Waals surface area contributed by atoms with Crippen LogP contribution in [0.3, 0.4) is 0 Å². The number of rotatable bonds is 5. The molecule has 0 spiro atoms. The van der Waals surface area contributed by atoms with Crippen molar-refractivity contribution in [2.75, 3.05) is 0 Å². The third kappa shape index (κ3) is 3.58. The summed E-state index contributed by atoms with van der Waals surface area (Å²) in [6.45, 7) is 0. The lowest BCUT2D eigenvalue weighted by atomic mass is 9.91. The summed E-state index contributed by atoms with van der Waals surface area (Å²) in [6.07, 6.45) is 7.69. The van der Waals surface area contributed by atoms with Crippen molar-refractivity contribution < 1.29 is 0 Å². The van der Waals surface area contributed by atoms with Gasteiger partial charge in [-0.15, -0.1) is 0 Å². The van der Waals surface area contributed by atoms with Gasteiger partial charge in [0.1, 0.15) is 11.4 Å². The van der Waals surface area contributed by atoms with Gasteiger partial charge in [0.25, 0.3) is 0 Å². The van der Waals surface area contributed by atoms with Crippen molar-refractivity contribution in [2.24, 2.45) is 0 Å². The van der Waals surface area contributed by atoms with Crippen LogP contribution in [0.15, 0.2) is 128 Å². The van der Waals surface area contributed by atoms with Gasteiger partial charge in [-0.25, -0.2) is 9.97 Å². The summed E-state index contributed by atoms with van der Waals surface area (Å²) in [7, 11) is 0. The minimum absolute atomic E-state index is 0.203. The van der Waals surface area contributed by atoms with E-state index >= 15 is 0 Å². The molecule has 0 fully saturated rings. The van der Waals surface area contributed by atoms with Crippen molar-refractivity contribution in [1.29, 1.82) is 0 Å². The normalized spacial score (nSPS) is 11.5. The molecule has 0 aliphatic rings. The number of aromatic nitrogens is 6. The number of pyridine rings is 4. The van der Waals surface area contributed by atoms with Crippen molar-refractivity contribution in [3.63, 3.8) is 0 Å². The van der Waals surface area contributed by atoms with Crippen LogP contribution in [0.4, 0.5) is 0 Å². The Morgan fingerprint density at radius 1 is 0.486 bits per heavy atom. The second-order valence-electron chi connectivity index (χ2n) is 8.83. The zero-order chi connectivity index (χ0) is 24.6. The summed E-state index contributed by atoms with van der Waals surface area (Å²) in [5, 5.41) is 0. The predicted octanol–water partition coefficient (Wildman–Crippen LogP) is 6.29. The minimum atomic E-state index is -0.203. The molecule has 0 radical (unpaired) electrons. The maximum atomic E-state index is 5.24. The van der Waals surface area contributed by atoms with Gasteiger partial charge in [0, 0.05) is 24.8 Å². The molecule has 0 aliphatic carbocycles. The van der Waals surface area contributed by atoms with Crippen LogP contribution in [-0.2, 0) is 0 Å². The molecule has 0 saturated heterocycles. The van der Waals surface area contributed by atoms with Gasteiger partial charge in [0.2, 0.25) is 0 Å². The lowest BCUT2D eigenvalue weighted by Crippen LogP contribution is -2.06. The van der Waals surface area contributed by atoms with Crippen LogP contribution in [0.25, 0.3) is 34.1 Å². The van der Waals surface area contributed by atoms with E-state index in [0.29, 0.717) is 0 Å². The van der Waals surface area contributed by atoms with Crippen LogP contribution < -0.4 is 0 Å². The number of hydrogen-bond acceptors (Lipinski definition) is 4. The van der Waals surface area contributed by atoms with Gasteiger partial charge in [0.05, 0.1) is 28.3 Å². The Morgan fingerprint density at radius 3 is 1.46 bits per heavy atom. The lowest BCUT2D eigenvalue weighted by molar-refractivity contribution is 0.915. The number of fused-ring (bicyclic) bond motifs is 2. The van der Waals surface area contributed by atoms with E-state index in [0.717, 1.165) is 51.0 Å². The molecule has 0 atom stereocenters. The lowest BCUT2D eigenvalue weighted by Gasteiger charge is -2.15. The molecule has 7 rings (SSSR count). The SMILES string of the molecule is c1ccc(C(c2nc(-c3ccccn3)n3ccccc23)c2nc(-c3ccccn3)n3ccccc23)cc1. The summed E-state index contributed by atoms with van der Waals surface area (Å²) in [5.41, 5.74) is 6.68. The Labute approximate surface area is 213 Å². The highest BCUT2D eigenvalue weighted by Crippen LogP contribution is 2.38. The van der Waals surface area contributed by atoms with E-state index in [-0.39, 0.29) is 5.92 Å². The van der Waals surface area contributed by atoms with E-state index in [1.54, 1.807) is 12.4 Å². The van der Waals surface area contributed by atoms with Gasteiger partial charge in [-0.1, -0.05) is 54.6 Å². The quantitative estimate of drug-likeness (QED) is 0.292. The van der Waals surface area contributed by atoms with Gasteiger partial charge < -0.3 is 0 Å². The van der Waals surface area contributed by atoms with Crippen LogP contribution in [-0.4, -0.2) is 28.7 Å². The van der Waals surface area contributed by atoms with E-state index in [1.165, 1.54) is 0 Å². The second-order valence-corrected chi connectivity index (χ2v) is 8.83. The maximum absolute atomic E-state index is 5.24. The molecule has 0 aliphatic heterocycles. The fourth-order valence-electron chi connectivity index (χ4n) is 4.99. The Morgan fingerprint density at radius 2 is 0.973 bits per heavy atom. The average Bonchev–Trinajstić information content (AvgIpc) is 3.55. The van der Waals surface area contributed by atoms with E-state index in [4.69, 9.17) is 9.97 Å². The predicted molar refractivity (Wildman–Crippen MR) is 144 cm³/mol. The molecule has 6 aromatic heterocycles. The molecule has 0 unspecified atom stereocenters. The third-order valence-corrected chi connectivity index (χ3v) is 6.62. The minimum Gasteiger partial charge on any atom is -0.298 e. The van der Waals surface area contributed by atoms with E-state index in [2.05, 4.69) is 67.3 Å². The van der Waals surface area contributed by atoms with Gasteiger partial charge >= 0.3 is 0 Å². The first-order valence-electron chi connectivity index (χ1n) is 12.2. The molecule has 176 valence electrons. The van der Waals surface area contributed by atoms with E-state index < -0.39 is 0 Å². The van der Waals surface area contributed by atoms with Gasteiger partial charge in [-0.2, -0.15) is 0 Å². The Kier molecular flexibility index (Phi) is 5.07. The van der Waals surface area contributed by atoms with Gasteiger partial charge in [-0.3, -0.25) is 18.8 Å². The van der Waals surface area contributed by atoms with Crippen LogP contribution in [0, 0.1) is 0 Å². The molecule has 0 amide bonds. The first-order valence-corrected chi connectivity index (χ1v) is 12.2. The molecule has 0 N–H and O–H groups in total. The van der Waals surface area contributed by atoms with Crippen molar-refractivity contribution in [3.05, 3.63) is 145 Å². The Balaban J connectivity index is 1.54. The maximum Gasteiger partial charge on any atom is 0.163 e. The van der Waals surface area contributed by atoms with Gasteiger partial charge in [-0.05, 0) is 54.1 Å². The Bertz CT molecular complexity index is 1700. The molecule has 6 heterocycles. The standard InChI is InChI=1S/C31H22N6/c1-2-12-22(13-3-1)27(28-25-16-6-10-20-36(25)30(34-28)23-14-4-8-18-32-23)29-26-17-7-11-21-37(26)31(35-29)24-15-5-9-19-33-24/h1-21,27H. The second kappa shape index (κ2) is 8.84. The molecular weight excluding hydrogens is 456 g/mol. The van der Waals surface area contributed by atoms with Crippen LogP contribution in [0.1, 0.15) is 22.9 Å². The van der Waals surface area contributed by atoms with E-state index in [1.807, 2.05) is 67.0 Å². The third-order valence-electron chi connectivity index (χ3n) is 6.62. The van der Waals surface area contributed by atoms with Crippen LogP contribution in [0.2, 0.25) is 0 Å². The van der Waals surface area contributed by atoms with Crippen molar-refractivity contribution in [2.45, 2.75) is 5.92 Å². The summed E-state index contributed by atoms with van der Waals surface area (Å²) in [4.78, 5) is 19.7. The molecule has 6 heteroatoms. The largest absolute Gasteiger partial charge is 0.298 e. The zero-order valence-corrected chi connectivity index (χ0v) is 19.9. The van der Waals surface area contributed by atoms with Crippen molar-refractivity contribution >= 4 is 11.0 Å². The van der Waals surface area contributed by atoms with Crippen LogP contribution >= 0.6 is 0 Å². The van der Waals surface area contributed by atoms with E-state index in [9.17, 15) is 0 Å². The topological polar surface area (TPSA) is 60.4 Å². The molecule has 0 bridgehead atoms. The van der Waals surface area contributed by atoms with Gasteiger partial charge in [0.15, 0.2) is 11.6 Å². The molecule has 6 nitrogen and oxygen atoms in total. The molecule has 7 aromatic rings. The summed E-state index contributed by atoms with van der Waals surface area (Å²) < 4.78 is 4.23. The highest BCUT2D eigenvalue weighted by Gasteiger charge is 2.29. The summed E-state index contributed by atoms with van der Waals surface area (Å²) in [6, 6.07) is 34.6. The molecule has 1 aromatic carbocycles. The zero-order valence-electron chi connectivity index (χ0n) is 19.9. The number of benzene rings is 1. The van der Waals surface area contributed by atoms with Crippen molar-refractivity contribution in [3.8, 4) is 23.0 Å². The molecular formula is C31H22N6. The highest BCUT2D eigenvalue weighted by atomic mass is 15.1. The summed E-state index contributed by atoms with van der Waals surface area (Å²) in [5.74, 6) is 1.41. The molecule has 37 heavy (non-hydrogen) atoms. The first kappa shape index (κ1) is 21.2. The summed E-state index contributed by atoms with van der Waals surface area (Å²) >= 11 is 0. The fraction of sp³-hybridized carbons (Fsp3) is 0.0323. The highest BCUT2D eigenvalue weighted by molar-refractivity contribution is 5.71. The van der Waals surface area contributed by atoms with Crippen molar-refractivity contribution in [1.82, 2.24) is 28.7 Å². The number of hydrogen-bond donors (Lipinski definition) is 0. The number of imidazole rings is 2. The Hall–Kier alpha value is -5.10. The smallest absolute Gasteiger partial charge is 0.163 e. The average molecular weight is 479 g/mol. The van der Waals surface area contributed by atoms with Crippen LogP contribution in [0.5, 0.6) is 0 Å². The molecule has 0 saturated carbocycles. The number of nitrogens with zero attached hydrogens (tertiary/aromatic N) is 6. The first-order chi connectivity index (χ1) is 18.4. The fourth-order valence-corrected chi connectivity index (χ4v) is 4.99.